The number of nitrogens with zero attached hydrogens (tertiary/aromatic N) is 1. The molecule has 0 aromatic heterocycles. The first kappa shape index (κ1) is 15.2. The fourth-order valence-electron chi connectivity index (χ4n) is 1.08. The van der Waals surface area contributed by atoms with E-state index in [1.54, 1.807) is 0 Å². The Hall–Kier alpha value is -0.820. The van der Waals surface area contributed by atoms with Crippen molar-refractivity contribution >= 4 is 39.1 Å². The van der Waals surface area contributed by atoms with Gasteiger partial charge in [-0.3, -0.25) is 4.79 Å². The molecule has 1 aromatic rings. The Morgan fingerprint density at radius 1 is 1.33 bits per heavy atom. The summed E-state index contributed by atoms with van der Waals surface area (Å²) in [7, 11) is -0.794. The Morgan fingerprint density at radius 2 is 1.94 bits per heavy atom. The number of benzene rings is 1. The highest BCUT2D eigenvalue weighted by molar-refractivity contribution is 7.89. The lowest BCUT2D eigenvalue weighted by atomic mass is 10.4. The van der Waals surface area contributed by atoms with Crippen LogP contribution in [-0.2, 0) is 14.8 Å². The van der Waals surface area contributed by atoms with E-state index in [1.807, 2.05) is 0 Å². The van der Waals surface area contributed by atoms with Gasteiger partial charge < -0.3 is 4.90 Å². The third-order valence-electron chi connectivity index (χ3n) is 2.09. The van der Waals surface area contributed by atoms with Crippen molar-refractivity contribution in [2.24, 2.45) is 0 Å². The summed E-state index contributed by atoms with van der Waals surface area (Å²) in [6, 6.07) is 4.09. The number of carbonyl (C=O) groups is 1. The van der Waals surface area contributed by atoms with E-state index < -0.39 is 10.0 Å². The number of rotatable bonds is 4. The first-order valence-electron chi connectivity index (χ1n) is 4.89. The quantitative estimate of drug-likeness (QED) is 0.913. The van der Waals surface area contributed by atoms with Gasteiger partial charge in [-0.05, 0) is 18.2 Å². The summed E-state index contributed by atoms with van der Waals surface area (Å²) >= 11 is 11.5. The number of nitrogens with one attached hydrogen (secondary N) is 1. The van der Waals surface area contributed by atoms with Gasteiger partial charge in [-0.15, -0.1) is 0 Å². The molecule has 1 aromatic carbocycles. The lowest BCUT2D eigenvalue weighted by Crippen LogP contribution is -2.36. The van der Waals surface area contributed by atoms with E-state index in [0.29, 0.717) is 0 Å². The van der Waals surface area contributed by atoms with Crippen molar-refractivity contribution in [2.75, 3.05) is 20.6 Å². The van der Waals surface area contributed by atoms with Gasteiger partial charge in [-0.2, -0.15) is 0 Å². The zero-order chi connectivity index (χ0) is 13.9. The SMILES string of the molecule is CN(C)C(=O)CNS(=O)(=O)c1cc(Cl)ccc1Cl. The minimum absolute atomic E-state index is 0.0456. The lowest BCUT2D eigenvalue weighted by molar-refractivity contribution is -0.127. The molecule has 1 N–H and O–H groups in total. The van der Waals surface area contributed by atoms with Gasteiger partial charge in [0.1, 0.15) is 4.90 Å². The fourth-order valence-corrected chi connectivity index (χ4v) is 2.81. The molecular formula is C10H12Cl2N2O3S. The summed E-state index contributed by atoms with van der Waals surface area (Å²) in [4.78, 5) is 12.4. The Balaban J connectivity index is 2.93. The number of likely N-dealkylation sites (N-methyl/N-ethyl adjacent to an activating group) is 1. The second-order valence-corrected chi connectivity index (χ2v) is 6.27. The van der Waals surface area contributed by atoms with Crippen LogP contribution in [0.3, 0.4) is 0 Å². The van der Waals surface area contributed by atoms with E-state index in [-0.39, 0.29) is 27.4 Å². The van der Waals surface area contributed by atoms with Gasteiger partial charge in [0.15, 0.2) is 0 Å². The monoisotopic (exact) mass is 310 g/mol. The lowest BCUT2D eigenvalue weighted by Gasteiger charge is -2.12. The molecule has 0 fully saturated rings. The van der Waals surface area contributed by atoms with Crippen molar-refractivity contribution in [3.63, 3.8) is 0 Å². The predicted molar refractivity (Wildman–Crippen MR) is 70.3 cm³/mol. The Kier molecular flexibility index (Phi) is 4.98. The second-order valence-electron chi connectivity index (χ2n) is 3.69. The van der Waals surface area contributed by atoms with Crippen LogP contribution in [0.15, 0.2) is 23.1 Å². The van der Waals surface area contributed by atoms with Crippen LogP contribution in [0.1, 0.15) is 0 Å². The van der Waals surface area contributed by atoms with E-state index in [1.165, 1.54) is 37.2 Å². The minimum Gasteiger partial charge on any atom is -0.348 e. The highest BCUT2D eigenvalue weighted by Crippen LogP contribution is 2.24. The van der Waals surface area contributed by atoms with E-state index >= 15 is 0 Å². The van der Waals surface area contributed by atoms with Crippen molar-refractivity contribution in [3.05, 3.63) is 28.2 Å². The van der Waals surface area contributed by atoms with Crippen LogP contribution in [0.25, 0.3) is 0 Å². The van der Waals surface area contributed by atoms with Crippen molar-refractivity contribution in [1.82, 2.24) is 9.62 Å². The molecule has 100 valence electrons. The van der Waals surface area contributed by atoms with Crippen molar-refractivity contribution < 1.29 is 13.2 Å². The molecule has 0 saturated heterocycles. The molecule has 0 radical (unpaired) electrons. The Morgan fingerprint density at radius 3 is 2.50 bits per heavy atom. The minimum atomic E-state index is -3.86. The van der Waals surface area contributed by atoms with Gasteiger partial charge in [-0.1, -0.05) is 23.2 Å². The van der Waals surface area contributed by atoms with Crippen molar-refractivity contribution in [2.45, 2.75) is 4.90 Å². The van der Waals surface area contributed by atoms with E-state index in [0.717, 1.165) is 0 Å². The maximum absolute atomic E-state index is 11.9. The van der Waals surface area contributed by atoms with E-state index in [9.17, 15) is 13.2 Å². The number of sulfonamides is 1. The molecule has 0 aliphatic carbocycles. The van der Waals surface area contributed by atoms with Crippen LogP contribution in [0.4, 0.5) is 0 Å². The second kappa shape index (κ2) is 5.88. The number of halogens is 2. The molecule has 0 heterocycles. The highest BCUT2D eigenvalue weighted by atomic mass is 35.5. The number of carbonyl (C=O) groups excluding carboxylic acids is 1. The molecule has 18 heavy (non-hydrogen) atoms. The maximum Gasteiger partial charge on any atom is 0.242 e. The summed E-state index contributed by atoms with van der Waals surface area (Å²) < 4.78 is 26.0. The van der Waals surface area contributed by atoms with Crippen LogP contribution in [0, 0.1) is 0 Å². The third-order valence-corrected chi connectivity index (χ3v) is 4.21. The maximum atomic E-state index is 11.9. The molecular weight excluding hydrogens is 299 g/mol. The number of amides is 1. The fraction of sp³-hybridized carbons (Fsp3) is 0.300. The van der Waals surface area contributed by atoms with Crippen LogP contribution >= 0.6 is 23.2 Å². The van der Waals surface area contributed by atoms with Gasteiger partial charge in [0.25, 0.3) is 0 Å². The normalized spacial score (nSPS) is 11.3. The van der Waals surface area contributed by atoms with Gasteiger partial charge in [-0.25, -0.2) is 13.1 Å². The number of hydrogen-bond acceptors (Lipinski definition) is 3. The summed E-state index contributed by atoms with van der Waals surface area (Å²) in [5.74, 6) is -0.364. The van der Waals surface area contributed by atoms with E-state index in [2.05, 4.69) is 4.72 Å². The van der Waals surface area contributed by atoms with Gasteiger partial charge >= 0.3 is 0 Å². The van der Waals surface area contributed by atoms with Crippen molar-refractivity contribution in [3.8, 4) is 0 Å². The van der Waals surface area contributed by atoms with Gasteiger partial charge in [0.05, 0.1) is 11.6 Å². The Bertz CT molecular complexity index is 558. The topological polar surface area (TPSA) is 66.5 Å². The molecule has 0 atom stereocenters. The van der Waals surface area contributed by atoms with Crippen LogP contribution < -0.4 is 4.72 Å². The highest BCUT2D eigenvalue weighted by Gasteiger charge is 2.19. The summed E-state index contributed by atoms with van der Waals surface area (Å²) in [6.07, 6.45) is 0. The summed E-state index contributed by atoms with van der Waals surface area (Å²) in [5, 5.41) is 0.294. The average Bonchev–Trinajstić information content (AvgIpc) is 2.29. The zero-order valence-corrected chi connectivity index (χ0v) is 12.1. The molecule has 1 amide bonds. The third kappa shape index (κ3) is 3.84. The zero-order valence-electron chi connectivity index (χ0n) is 9.78. The first-order valence-corrected chi connectivity index (χ1v) is 7.13. The summed E-state index contributed by atoms with van der Waals surface area (Å²) in [6.45, 7) is -0.335. The largest absolute Gasteiger partial charge is 0.348 e. The summed E-state index contributed by atoms with van der Waals surface area (Å²) in [5.41, 5.74) is 0. The standard InChI is InChI=1S/C10H12Cl2N2O3S/c1-14(2)10(15)6-13-18(16,17)9-5-7(11)3-4-8(9)12/h3-5,13H,6H2,1-2H3. The van der Waals surface area contributed by atoms with Crippen LogP contribution in [0.5, 0.6) is 0 Å². The molecule has 0 unspecified atom stereocenters. The first-order chi connectivity index (χ1) is 8.24. The molecule has 0 bridgehead atoms. The van der Waals surface area contributed by atoms with E-state index in [4.69, 9.17) is 23.2 Å². The molecule has 0 aliphatic heterocycles. The molecule has 5 nitrogen and oxygen atoms in total. The number of hydrogen-bond donors (Lipinski definition) is 1. The smallest absolute Gasteiger partial charge is 0.242 e. The molecule has 1 rings (SSSR count). The van der Waals surface area contributed by atoms with Crippen molar-refractivity contribution in [1.29, 1.82) is 0 Å². The molecule has 0 spiro atoms. The van der Waals surface area contributed by atoms with Gasteiger partial charge in [0, 0.05) is 19.1 Å². The van der Waals surface area contributed by atoms with Crippen LogP contribution in [0.2, 0.25) is 10.0 Å². The molecule has 0 aliphatic rings. The molecule has 0 saturated carbocycles. The Labute approximate surface area is 116 Å². The predicted octanol–water partition coefficient (Wildman–Crippen LogP) is 1.36. The average molecular weight is 311 g/mol. The van der Waals surface area contributed by atoms with Crippen LogP contribution in [-0.4, -0.2) is 39.9 Å². The van der Waals surface area contributed by atoms with Gasteiger partial charge in [0.2, 0.25) is 15.9 Å². The molecule has 8 heteroatoms.